The van der Waals surface area contributed by atoms with Gasteiger partial charge in [-0.2, -0.15) is 0 Å². The molecule has 104 valence electrons. The first-order chi connectivity index (χ1) is 9.74. The van der Waals surface area contributed by atoms with Crippen molar-refractivity contribution < 1.29 is 8.78 Å². The van der Waals surface area contributed by atoms with Crippen molar-refractivity contribution in [2.75, 3.05) is 0 Å². The maximum absolute atomic E-state index is 13.5. The molecule has 2 heterocycles. The van der Waals surface area contributed by atoms with Crippen LogP contribution in [-0.2, 0) is 0 Å². The standard InChI is InChI=1S/C15H14F2N2S/c16-10-6-5-9(7-11(10)17)14-8-20-15-18-12-3-1-2-4-13(12)19(14)15/h5-8,12-13H,1-4H2/t12-,13+/m0/s1. The summed E-state index contributed by atoms with van der Waals surface area (Å²) in [4.78, 5) is 7.00. The van der Waals surface area contributed by atoms with Crippen molar-refractivity contribution in [3.05, 3.63) is 40.8 Å². The van der Waals surface area contributed by atoms with E-state index >= 15 is 0 Å². The Bertz CT molecular complexity index is 626. The molecule has 1 fully saturated rings. The molecular formula is C15H14F2N2S. The Morgan fingerprint density at radius 1 is 1.15 bits per heavy atom. The quantitative estimate of drug-likeness (QED) is 0.777. The predicted octanol–water partition coefficient (Wildman–Crippen LogP) is 3.99. The van der Waals surface area contributed by atoms with Gasteiger partial charge in [0.05, 0.1) is 17.8 Å². The van der Waals surface area contributed by atoms with Crippen LogP contribution in [0.15, 0.2) is 28.6 Å². The van der Waals surface area contributed by atoms with E-state index < -0.39 is 11.6 Å². The molecule has 20 heavy (non-hydrogen) atoms. The number of hydrogen-bond acceptors (Lipinski definition) is 3. The van der Waals surface area contributed by atoms with Crippen LogP contribution < -0.4 is 0 Å². The first kappa shape index (κ1) is 12.4. The predicted molar refractivity (Wildman–Crippen MR) is 77.2 cm³/mol. The molecule has 1 aliphatic carbocycles. The van der Waals surface area contributed by atoms with Gasteiger partial charge in [0.1, 0.15) is 0 Å². The molecule has 0 saturated heterocycles. The van der Waals surface area contributed by atoms with E-state index in [-0.39, 0.29) is 0 Å². The van der Waals surface area contributed by atoms with Crippen LogP contribution in [0.25, 0.3) is 5.70 Å². The van der Waals surface area contributed by atoms with E-state index in [4.69, 9.17) is 4.99 Å². The van der Waals surface area contributed by atoms with Crippen LogP contribution >= 0.6 is 11.8 Å². The van der Waals surface area contributed by atoms with Gasteiger partial charge in [0.25, 0.3) is 0 Å². The van der Waals surface area contributed by atoms with Gasteiger partial charge < -0.3 is 4.90 Å². The molecule has 1 aromatic carbocycles. The minimum Gasteiger partial charge on any atom is -0.315 e. The first-order valence-corrected chi connectivity index (χ1v) is 7.81. The molecule has 4 rings (SSSR count). The van der Waals surface area contributed by atoms with Gasteiger partial charge in [-0.15, -0.1) is 0 Å². The van der Waals surface area contributed by atoms with E-state index in [9.17, 15) is 8.78 Å². The number of fused-ring (bicyclic) bond motifs is 3. The zero-order valence-corrected chi connectivity index (χ0v) is 11.7. The number of rotatable bonds is 1. The van der Waals surface area contributed by atoms with Crippen molar-refractivity contribution in [1.29, 1.82) is 0 Å². The molecule has 5 heteroatoms. The Labute approximate surface area is 120 Å². The van der Waals surface area contributed by atoms with Gasteiger partial charge in [-0.25, -0.2) is 8.78 Å². The maximum Gasteiger partial charge on any atom is 0.168 e. The topological polar surface area (TPSA) is 15.6 Å². The molecule has 0 radical (unpaired) electrons. The zero-order valence-electron chi connectivity index (χ0n) is 10.9. The molecule has 0 spiro atoms. The molecule has 2 aliphatic heterocycles. The fourth-order valence-corrected chi connectivity index (χ4v) is 4.30. The Morgan fingerprint density at radius 3 is 2.85 bits per heavy atom. The van der Waals surface area contributed by atoms with Crippen LogP contribution in [0.1, 0.15) is 31.2 Å². The van der Waals surface area contributed by atoms with Gasteiger partial charge in [0, 0.05) is 11.0 Å². The Hall–Kier alpha value is -1.36. The maximum atomic E-state index is 13.5. The molecule has 0 unspecified atom stereocenters. The van der Waals surface area contributed by atoms with Crippen molar-refractivity contribution in [2.45, 2.75) is 37.8 Å². The normalized spacial score (nSPS) is 28.0. The third-order valence-corrected chi connectivity index (χ3v) is 5.11. The van der Waals surface area contributed by atoms with Crippen LogP contribution in [0.5, 0.6) is 0 Å². The summed E-state index contributed by atoms with van der Waals surface area (Å²) in [6.07, 6.45) is 4.71. The second-order valence-electron chi connectivity index (χ2n) is 5.45. The summed E-state index contributed by atoms with van der Waals surface area (Å²) in [7, 11) is 0. The highest BCUT2D eigenvalue weighted by atomic mass is 32.2. The van der Waals surface area contributed by atoms with Gasteiger partial charge in [0.2, 0.25) is 0 Å². The van der Waals surface area contributed by atoms with E-state index in [0.29, 0.717) is 12.1 Å². The average molecular weight is 292 g/mol. The lowest BCUT2D eigenvalue weighted by Crippen LogP contribution is -2.38. The molecule has 0 aromatic heterocycles. The van der Waals surface area contributed by atoms with Crippen LogP contribution in [0.3, 0.4) is 0 Å². The number of nitrogens with zero attached hydrogens (tertiary/aromatic N) is 2. The number of hydrogen-bond donors (Lipinski definition) is 0. The molecule has 1 aromatic rings. The molecule has 0 bridgehead atoms. The summed E-state index contributed by atoms with van der Waals surface area (Å²) in [6, 6.07) is 4.89. The van der Waals surface area contributed by atoms with Crippen molar-refractivity contribution in [3.63, 3.8) is 0 Å². The van der Waals surface area contributed by atoms with E-state index in [1.807, 2.05) is 5.41 Å². The highest BCUT2D eigenvalue weighted by Crippen LogP contribution is 2.44. The summed E-state index contributed by atoms with van der Waals surface area (Å²) >= 11 is 1.59. The fourth-order valence-electron chi connectivity index (χ4n) is 3.29. The van der Waals surface area contributed by atoms with Gasteiger partial charge >= 0.3 is 0 Å². The molecule has 2 atom stereocenters. The van der Waals surface area contributed by atoms with Gasteiger partial charge in [-0.3, -0.25) is 4.99 Å². The number of benzene rings is 1. The summed E-state index contributed by atoms with van der Waals surface area (Å²) in [5.74, 6) is -1.59. The third-order valence-electron chi connectivity index (χ3n) is 4.26. The van der Waals surface area contributed by atoms with Crippen LogP contribution in [0.4, 0.5) is 8.78 Å². The Morgan fingerprint density at radius 2 is 2.00 bits per heavy atom. The first-order valence-electron chi connectivity index (χ1n) is 6.93. The van der Waals surface area contributed by atoms with Crippen molar-refractivity contribution >= 4 is 22.6 Å². The number of halogens is 2. The molecule has 0 N–H and O–H groups in total. The molecule has 0 amide bonds. The minimum atomic E-state index is -0.800. The second kappa shape index (κ2) is 4.58. The number of aliphatic imine (C=N–C) groups is 1. The van der Waals surface area contributed by atoms with E-state index in [0.717, 1.165) is 29.3 Å². The third kappa shape index (κ3) is 1.79. The Kier molecular flexibility index (Phi) is 2.84. The highest BCUT2D eigenvalue weighted by molar-refractivity contribution is 8.16. The van der Waals surface area contributed by atoms with Crippen molar-refractivity contribution in [1.82, 2.24) is 4.90 Å². The van der Waals surface area contributed by atoms with E-state index in [2.05, 4.69) is 4.90 Å². The van der Waals surface area contributed by atoms with Gasteiger partial charge in [-0.1, -0.05) is 24.6 Å². The summed E-state index contributed by atoms with van der Waals surface area (Å²) in [6.45, 7) is 0. The zero-order chi connectivity index (χ0) is 13.7. The van der Waals surface area contributed by atoms with Crippen molar-refractivity contribution in [3.8, 4) is 0 Å². The highest BCUT2D eigenvalue weighted by Gasteiger charge is 2.42. The summed E-state index contributed by atoms with van der Waals surface area (Å²) in [5.41, 5.74) is 1.69. The van der Waals surface area contributed by atoms with Crippen molar-refractivity contribution in [2.24, 2.45) is 4.99 Å². The molecule has 2 nitrogen and oxygen atoms in total. The van der Waals surface area contributed by atoms with Crippen LogP contribution in [0, 0.1) is 11.6 Å². The van der Waals surface area contributed by atoms with Gasteiger partial charge in [0.15, 0.2) is 16.8 Å². The number of thioether (sulfide) groups is 1. The largest absolute Gasteiger partial charge is 0.315 e. The summed E-state index contributed by atoms with van der Waals surface area (Å²) < 4.78 is 26.5. The fraction of sp³-hybridized carbons (Fsp3) is 0.400. The van der Waals surface area contributed by atoms with Crippen LogP contribution in [-0.4, -0.2) is 22.2 Å². The number of amidine groups is 1. The lowest BCUT2D eigenvalue weighted by atomic mass is 9.90. The summed E-state index contributed by atoms with van der Waals surface area (Å²) in [5, 5.41) is 3.01. The minimum absolute atomic E-state index is 0.375. The molecular weight excluding hydrogens is 278 g/mol. The monoisotopic (exact) mass is 292 g/mol. The molecule has 1 saturated carbocycles. The smallest absolute Gasteiger partial charge is 0.168 e. The average Bonchev–Trinajstić information content (AvgIpc) is 3.00. The van der Waals surface area contributed by atoms with Crippen LogP contribution in [0.2, 0.25) is 0 Å². The SMILES string of the molecule is Fc1ccc(C2=CSC3=N[C@H]4CCCC[C@H]4N23)cc1F. The molecule has 3 aliphatic rings. The van der Waals surface area contributed by atoms with E-state index in [1.54, 1.807) is 17.8 Å². The van der Waals surface area contributed by atoms with Gasteiger partial charge in [-0.05, 0) is 31.0 Å². The lowest BCUT2D eigenvalue weighted by Gasteiger charge is -2.32. The lowest BCUT2D eigenvalue weighted by molar-refractivity contribution is 0.305. The van der Waals surface area contributed by atoms with E-state index in [1.165, 1.54) is 25.0 Å². The second-order valence-corrected chi connectivity index (χ2v) is 6.29. The Balaban J connectivity index is 1.69.